The Bertz CT molecular complexity index is 1850. The zero-order valence-electron chi connectivity index (χ0n) is 28.2. The minimum absolute atomic E-state index is 0.0222. The lowest BCUT2D eigenvalue weighted by molar-refractivity contribution is -0.282. The average molecular weight is 789 g/mol. The Morgan fingerprint density at radius 1 is 0.545 bits per heavy atom. The third-order valence-corrected chi connectivity index (χ3v) is 9.42. The van der Waals surface area contributed by atoms with Gasteiger partial charge in [0.1, 0.15) is 90.0 Å². The Balaban J connectivity index is 1.53. The minimum Gasteiger partial charge on any atom is -0.508 e. The third-order valence-electron chi connectivity index (χ3n) is 9.42. The van der Waals surface area contributed by atoms with Crippen LogP contribution in [-0.2, 0) is 14.2 Å². The van der Waals surface area contributed by atoms with Gasteiger partial charge in [-0.3, -0.25) is 4.79 Å². The Labute approximate surface area is 307 Å². The Hall–Kier alpha value is -3.95. The van der Waals surface area contributed by atoms with Crippen LogP contribution in [0.2, 0.25) is 0 Å². The van der Waals surface area contributed by atoms with Gasteiger partial charge in [-0.25, -0.2) is 0 Å². The van der Waals surface area contributed by atoms with Crippen LogP contribution in [0.4, 0.5) is 0 Å². The van der Waals surface area contributed by atoms with Crippen LogP contribution in [0.25, 0.3) is 22.3 Å². The van der Waals surface area contributed by atoms with E-state index >= 15 is 0 Å². The molecule has 3 saturated heterocycles. The van der Waals surface area contributed by atoms with E-state index in [1.807, 2.05) is 0 Å². The highest BCUT2D eigenvalue weighted by atomic mass is 16.7. The van der Waals surface area contributed by atoms with E-state index in [0.717, 1.165) is 6.07 Å². The van der Waals surface area contributed by atoms with Gasteiger partial charge in [0.15, 0.2) is 17.3 Å². The van der Waals surface area contributed by atoms with Gasteiger partial charge in [-0.15, -0.1) is 0 Å². The van der Waals surface area contributed by atoms with Crippen LogP contribution in [0, 0.1) is 0 Å². The lowest BCUT2D eigenvalue weighted by atomic mass is 9.99. The van der Waals surface area contributed by atoms with Gasteiger partial charge in [0.05, 0.1) is 19.8 Å². The van der Waals surface area contributed by atoms with E-state index in [1.165, 1.54) is 24.3 Å². The van der Waals surface area contributed by atoms with Crippen molar-refractivity contribution in [3.63, 3.8) is 0 Å². The molecule has 1 aromatic heterocycles. The van der Waals surface area contributed by atoms with Crippen molar-refractivity contribution in [3.05, 3.63) is 40.6 Å². The maximum Gasteiger partial charge on any atom is 0.239 e. The first-order chi connectivity index (χ1) is 26.1. The Morgan fingerprint density at radius 3 is 1.40 bits per heavy atom. The molecular weight excluding hydrogens is 748 g/mol. The highest BCUT2D eigenvalue weighted by Gasteiger charge is 2.48. The van der Waals surface area contributed by atoms with E-state index in [1.54, 1.807) is 0 Å². The first kappa shape index (κ1) is 40.7. The molecule has 22 heteroatoms. The summed E-state index contributed by atoms with van der Waals surface area (Å²) in [5, 5.41) is 144. The molecule has 15 atom stereocenters. The number of aliphatic hydroxyl groups is 12. The van der Waals surface area contributed by atoms with Gasteiger partial charge in [-0.05, 0) is 24.3 Å². The van der Waals surface area contributed by atoms with Crippen molar-refractivity contribution in [1.82, 2.24) is 0 Å². The first-order valence-corrected chi connectivity index (χ1v) is 16.7. The number of rotatable bonds is 10. The van der Waals surface area contributed by atoms with Crippen LogP contribution >= 0.6 is 0 Å². The van der Waals surface area contributed by atoms with Gasteiger partial charge in [0.2, 0.25) is 35.8 Å². The second-order valence-corrected chi connectivity index (χ2v) is 13.0. The summed E-state index contributed by atoms with van der Waals surface area (Å²) in [7, 11) is 0. The molecule has 55 heavy (non-hydrogen) atoms. The standard InChI is InChI=1S/C33H40O22/c34-6-13-17(38)22(43)25(46)31(51-13)50-12-5-11-16(20(41)29(12)54-32-26(47)23(44)18(39)14(7-35)52-32)21(42)30(28(49-11)9-1-3-10(37)4-2-9)55-33-27(48)24(45)19(40)15(8-36)53-33/h1-5,13-15,17-19,22-27,31-41,43-48H,6-8H2/t13-,14-,15-,17-,18-,19-,22+,23+,24+,25-,26-,27-,31-,32+,33+/m0/s1. The number of aromatic hydroxyl groups is 2. The molecule has 6 rings (SSSR count). The molecule has 3 fully saturated rings. The molecule has 3 aromatic rings. The van der Waals surface area contributed by atoms with Crippen molar-refractivity contribution in [2.45, 2.75) is 92.1 Å². The molecule has 0 amide bonds. The van der Waals surface area contributed by atoms with Gasteiger partial charge >= 0.3 is 0 Å². The number of hydrogen-bond acceptors (Lipinski definition) is 22. The van der Waals surface area contributed by atoms with Crippen molar-refractivity contribution in [2.75, 3.05) is 19.8 Å². The van der Waals surface area contributed by atoms with Gasteiger partial charge < -0.3 is 104 Å². The zero-order valence-corrected chi connectivity index (χ0v) is 28.2. The van der Waals surface area contributed by atoms with Crippen molar-refractivity contribution < 1.29 is 104 Å². The number of hydrogen-bond donors (Lipinski definition) is 14. The van der Waals surface area contributed by atoms with Crippen LogP contribution in [0.1, 0.15) is 0 Å². The summed E-state index contributed by atoms with van der Waals surface area (Å²) in [6.45, 7) is -2.63. The van der Waals surface area contributed by atoms with Crippen LogP contribution in [0.5, 0.6) is 28.7 Å². The van der Waals surface area contributed by atoms with E-state index in [0.29, 0.717) is 0 Å². The number of phenolic OH excluding ortho intramolecular Hbond substituents is 2. The second kappa shape index (κ2) is 16.3. The summed E-state index contributed by atoms with van der Waals surface area (Å²) >= 11 is 0. The number of fused-ring (bicyclic) bond motifs is 1. The van der Waals surface area contributed by atoms with Gasteiger partial charge in [-0.1, -0.05) is 0 Å². The molecule has 0 spiro atoms. The van der Waals surface area contributed by atoms with E-state index in [2.05, 4.69) is 0 Å². The molecule has 14 N–H and O–H groups in total. The molecule has 4 heterocycles. The van der Waals surface area contributed by atoms with Crippen LogP contribution in [-0.4, -0.2) is 183 Å². The molecule has 3 aliphatic rings. The van der Waals surface area contributed by atoms with E-state index < -0.39 is 157 Å². The maximum atomic E-state index is 14.4. The summed E-state index contributed by atoms with van der Waals surface area (Å²) in [5.41, 5.74) is -1.78. The number of benzene rings is 2. The molecule has 0 bridgehead atoms. The smallest absolute Gasteiger partial charge is 0.239 e. The molecule has 3 aliphatic heterocycles. The summed E-state index contributed by atoms with van der Waals surface area (Å²) in [4.78, 5) is 14.4. The second-order valence-electron chi connectivity index (χ2n) is 13.0. The SMILES string of the molecule is O=c1c(O[C@H]2O[C@@H](CO)[C@H](O)[C@@H](O)[C@@H]2O)c(-c2ccc(O)cc2)oc2cc(O[C@H]3O[C@@H](CO)[C@H](O)[C@@H](O)[C@@H]3O)c(O[C@H]3O[C@@H](CO)[C@H](O)[C@@H](O)[C@@H]3O)c(O)c12. The highest BCUT2D eigenvalue weighted by Crippen LogP contribution is 2.47. The van der Waals surface area contributed by atoms with Gasteiger partial charge in [-0.2, -0.15) is 0 Å². The van der Waals surface area contributed by atoms with Crippen LogP contribution in [0.3, 0.4) is 0 Å². The monoisotopic (exact) mass is 788 g/mol. The van der Waals surface area contributed by atoms with Crippen molar-refractivity contribution in [1.29, 1.82) is 0 Å². The molecule has 0 radical (unpaired) electrons. The van der Waals surface area contributed by atoms with Gasteiger partial charge in [0.25, 0.3) is 0 Å². The molecule has 0 saturated carbocycles. The lowest BCUT2D eigenvalue weighted by Gasteiger charge is -2.41. The summed E-state index contributed by atoms with van der Waals surface area (Å²) in [6, 6.07) is 5.81. The lowest BCUT2D eigenvalue weighted by Crippen LogP contribution is -2.60. The fourth-order valence-corrected chi connectivity index (χ4v) is 6.24. The topological polar surface area (TPSA) is 369 Å². The number of aliphatic hydroxyl groups excluding tert-OH is 12. The van der Waals surface area contributed by atoms with Gasteiger partial charge in [0, 0.05) is 11.6 Å². The van der Waals surface area contributed by atoms with E-state index in [-0.39, 0.29) is 11.3 Å². The zero-order chi connectivity index (χ0) is 40.0. The number of ether oxygens (including phenoxy) is 6. The summed E-state index contributed by atoms with van der Waals surface area (Å²) < 4.78 is 39.3. The first-order valence-electron chi connectivity index (χ1n) is 16.7. The maximum absolute atomic E-state index is 14.4. The Kier molecular flexibility index (Phi) is 12.0. The van der Waals surface area contributed by atoms with Crippen molar-refractivity contribution >= 4 is 11.0 Å². The average Bonchev–Trinajstić information content (AvgIpc) is 3.17. The highest BCUT2D eigenvalue weighted by molar-refractivity contribution is 5.91. The summed E-state index contributed by atoms with van der Waals surface area (Å²) in [5.74, 6) is -4.30. The predicted molar refractivity (Wildman–Crippen MR) is 174 cm³/mol. The third kappa shape index (κ3) is 7.51. The van der Waals surface area contributed by atoms with Crippen molar-refractivity contribution in [3.8, 4) is 40.1 Å². The van der Waals surface area contributed by atoms with Crippen LogP contribution < -0.4 is 19.6 Å². The minimum atomic E-state index is -2.09. The Morgan fingerprint density at radius 2 is 0.964 bits per heavy atom. The fraction of sp³-hybridized carbons (Fsp3) is 0.545. The van der Waals surface area contributed by atoms with E-state index in [9.17, 15) is 76.3 Å². The largest absolute Gasteiger partial charge is 0.508 e. The molecule has 0 unspecified atom stereocenters. The van der Waals surface area contributed by atoms with Crippen LogP contribution in [0.15, 0.2) is 39.5 Å². The fourth-order valence-electron chi connectivity index (χ4n) is 6.24. The number of phenols is 2. The normalized spacial score (nSPS) is 36.8. The molecule has 2 aromatic carbocycles. The molecule has 0 aliphatic carbocycles. The molecule has 22 nitrogen and oxygen atoms in total. The van der Waals surface area contributed by atoms with Crippen molar-refractivity contribution in [2.24, 2.45) is 0 Å². The quantitative estimate of drug-likeness (QED) is 0.0910. The van der Waals surface area contributed by atoms with E-state index in [4.69, 9.17) is 32.8 Å². The predicted octanol–water partition coefficient (Wildman–Crippen LogP) is -5.59. The summed E-state index contributed by atoms with van der Waals surface area (Å²) in [6.07, 6.45) is -28.0. The molecule has 304 valence electrons. The molecular formula is C33H40O22.